The van der Waals surface area contributed by atoms with Gasteiger partial charge in [0.1, 0.15) is 17.1 Å². The predicted octanol–water partition coefficient (Wildman–Crippen LogP) is 3.67. The van der Waals surface area contributed by atoms with E-state index in [0.717, 1.165) is 39.1 Å². The van der Waals surface area contributed by atoms with E-state index in [1.807, 2.05) is 59.0 Å². The van der Waals surface area contributed by atoms with Gasteiger partial charge in [0.25, 0.3) is 5.56 Å². The lowest BCUT2D eigenvalue weighted by Crippen LogP contribution is -2.22. The lowest BCUT2D eigenvalue weighted by atomic mass is 10.1. The molecule has 0 fully saturated rings. The van der Waals surface area contributed by atoms with Crippen molar-refractivity contribution >= 4 is 11.0 Å². The summed E-state index contributed by atoms with van der Waals surface area (Å²) in [4.78, 5) is 17.4. The number of aryl methyl sites for hydroxylation is 5. The van der Waals surface area contributed by atoms with Crippen LogP contribution in [0.4, 0.5) is 0 Å². The van der Waals surface area contributed by atoms with Crippen molar-refractivity contribution in [3.05, 3.63) is 69.0 Å². The molecule has 4 aromatic rings. The quantitative estimate of drug-likeness (QED) is 0.558. The zero-order valence-corrected chi connectivity index (χ0v) is 16.2. The molecule has 27 heavy (non-hydrogen) atoms. The van der Waals surface area contributed by atoms with E-state index < -0.39 is 0 Å². The molecule has 0 unspecified atom stereocenters. The van der Waals surface area contributed by atoms with Gasteiger partial charge in [0.2, 0.25) is 5.89 Å². The van der Waals surface area contributed by atoms with Gasteiger partial charge in [-0.3, -0.25) is 14.0 Å². The third-order valence-corrected chi connectivity index (χ3v) is 4.91. The Morgan fingerprint density at radius 3 is 2.63 bits per heavy atom. The van der Waals surface area contributed by atoms with Gasteiger partial charge < -0.3 is 4.42 Å². The first-order valence-electron chi connectivity index (χ1n) is 8.92. The maximum Gasteiger partial charge on any atom is 0.252 e. The van der Waals surface area contributed by atoms with Gasteiger partial charge in [-0.25, -0.2) is 4.98 Å². The Morgan fingerprint density at radius 2 is 1.89 bits per heavy atom. The minimum atomic E-state index is -0.0671. The average molecular weight is 362 g/mol. The third kappa shape index (κ3) is 2.87. The zero-order chi connectivity index (χ0) is 19.3. The fourth-order valence-electron chi connectivity index (χ4n) is 3.64. The van der Waals surface area contributed by atoms with Gasteiger partial charge in [0.05, 0.1) is 12.2 Å². The maximum atomic E-state index is 12.7. The minimum absolute atomic E-state index is 0.0671. The number of hydrogen-bond donors (Lipinski definition) is 0. The molecule has 0 atom stereocenters. The molecule has 4 rings (SSSR count). The first-order valence-corrected chi connectivity index (χ1v) is 8.92. The Balaban J connectivity index is 1.83. The Labute approximate surface area is 157 Å². The maximum absolute atomic E-state index is 12.7. The van der Waals surface area contributed by atoms with Gasteiger partial charge >= 0.3 is 0 Å². The Bertz CT molecular complexity index is 1230. The lowest BCUT2D eigenvalue weighted by molar-refractivity contribution is 0.537. The second-order valence-corrected chi connectivity index (χ2v) is 7.05. The molecule has 0 radical (unpaired) electrons. The van der Waals surface area contributed by atoms with Crippen LogP contribution in [-0.4, -0.2) is 19.3 Å². The molecular formula is C21H22N4O2. The smallest absolute Gasteiger partial charge is 0.252 e. The lowest BCUT2D eigenvalue weighted by Gasteiger charge is -2.09. The number of aromatic nitrogens is 4. The number of hydrogen-bond acceptors (Lipinski definition) is 4. The number of benzene rings is 1. The number of nitrogens with zero attached hydrogens (tertiary/aromatic N) is 4. The van der Waals surface area contributed by atoms with Crippen molar-refractivity contribution in [1.29, 1.82) is 0 Å². The SMILES string of the molecule is Cc1cccc(-c2nc(Cn3c(=O)cc(C)c4c(C)nn(C)c43)c(C)o2)c1. The summed E-state index contributed by atoms with van der Waals surface area (Å²) in [5, 5.41) is 5.50. The molecule has 0 aliphatic carbocycles. The topological polar surface area (TPSA) is 65.8 Å². The fraction of sp³-hybridized carbons (Fsp3) is 0.286. The van der Waals surface area contributed by atoms with E-state index in [0.29, 0.717) is 18.2 Å². The van der Waals surface area contributed by atoms with Crippen molar-refractivity contribution in [2.75, 3.05) is 0 Å². The highest BCUT2D eigenvalue weighted by Crippen LogP contribution is 2.25. The number of oxazole rings is 1. The van der Waals surface area contributed by atoms with Crippen LogP contribution in [0.15, 0.2) is 39.5 Å². The summed E-state index contributed by atoms with van der Waals surface area (Å²) in [6.45, 7) is 8.16. The summed E-state index contributed by atoms with van der Waals surface area (Å²) in [5.41, 5.74) is 5.41. The zero-order valence-electron chi connectivity index (χ0n) is 16.2. The molecule has 138 valence electrons. The standard InChI is InChI=1S/C21H22N4O2/c1-12-7-6-8-16(9-12)20-22-17(15(4)27-20)11-25-18(26)10-13(2)19-14(3)23-24(5)21(19)25/h6-10H,11H2,1-5H3. The first kappa shape index (κ1) is 17.3. The molecule has 1 aromatic carbocycles. The van der Waals surface area contributed by atoms with Gasteiger partial charge in [-0.1, -0.05) is 17.7 Å². The van der Waals surface area contributed by atoms with Crippen LogP contribution in [-0.2, 0) is 13.6 Å². The molecule has 0 saturated heterocycles. The molecule has 0 aliphatic heterocycles. The molecular weight excluding hydrogens is 340 g/mol. The highest BCUT2D eigenvalue weighted by molar-refractivity contribution is 5.82. The van der Waals surface area contributed by atoms with E-state index in [2.05, 4.69) is 10.1 Å². The summed E-state index contributed by atoms with van der Waals surface area (Å²) in [6, 6.07) is 9.69. The van der Waals surface area contributed by atoms with E-state index in [4.69, 9.17) is 4.42 Å². The highest BCUT2D eigenvalue weighted by atomic mass is 16.4. The molecule has 0 aliphatic rings. The second-order valence-electron chi connectivity index (χ2n) is 7.05. The van der Waals surface area contributed by atoms with Crippen molar-refractivity contribution < 1.29 is 4.42 Å². The molecule has 6 nitrogen and oxygen atoms in total. The number of rotatable bonds is 3. The van der Waals surface area contributed by atoms with E-state index in [1.54, 1.807) is 15.3 Å². The monoisotopic (exact) mass is 362 g/mol. The van der Waals surface area contributed by atoms with Crippen LogP contribution < -0.4 is 5.56 Å². The highest BCUT2D eigenvalue weighted by Gasteiger charge is 2.18. The minimum Gasteiger partial charge on any atom is -0.441 e. The van der Waals surface area contributed by atoms with E-state index in [1.165, 1.54) is 0 Å². The van der Waals surface area contributed by atoms with Crippen LogP contribution in [0, 0.1) is 27.7 Å². The van der Waals surface area contributed by atoms with Crippen molar-refractivity contribution in [1.82, 2.24) is 19.3 Å². The molecule has 3 aromatic heterocycles. The van der Waals surface area contributed by atoms with E-state index in [9.17, 15) is 4.79 Å². The van der Waals surface area contributed by atoms with Gasteiger partial charge in [0, 0.05) is 24.1 Å². The van der Waals surface area contributed by atoms with Gasteiger partial charge in [0.15, 0.2) is 0 Å². The fourth-order valence-corrected chi connectivity index (χ4v) is 3.64. The molecule has 0 N–H and O–H groups in total. The molecule has 0 bridgehead atoms. The summed E-state index contributed by atoms with van der Waals surface area (Å²) < 4.78 is 9.37. The van der Waals surface area contributed by atoms with Gasteiger partial charge in [-0.2, -0.15) is 5.10 Å². The number of pyridine rings is 1. The van der Waals surface area contributed by atoms with Crippen LogP contribution in [0.3, 0.4) is 0 Å². The Hall–Kier alpha value is -3.15. The van der Waals surface area contributed by atoms with Gasteiger partial charge in [-0.05, 0) is 45.4 Å². The molecule has 0 spiro atoms. The van der Waals surface area contributed by atoms with Crippen LogP contribution >= 0.6 is 0 Å². The molecule has 0 amide bonds. The average Bonchev–Trinajstić information content (AvgIpc) is 3.11. The largest absolute Gasteiger partial charge is 0.441 e. The molecule has 3 heterocycles. The number of fused-ring (bicyclic) bond motifs is 1. The van der Waals surface area contributed by atoms with Crippen LogP contribution in [0.5, 0.6) is 0 Å². The summed E-state index contributed by atoms with van der Waals surface area (Å²) in [5.74, 6) is 1.29. The summed E-state index contributed by atoms with van der Waals surface area (Å²) >= 11 is 0. The van der Waals surface area contributed by atoms with Gasteiger partial charge in [-0.15, -0.1) is 0 Å². The van der Waals surface area contributed by atoms with Crippen LogP contribution in [0.1, 0.15) is 28.3 Å². The van der Waals surface area contributed by atoms with E-state index in [-0.39, 0.29) is 5.56 Å². The second kappa shape index (κ2) is 6.23. The Morgan fingerprint density at radius 1 is 1.11 bits per heavy atom. The van der Waals surface area contributed by atoms with Crippen LogP contribution in [0.2, 0.25) is 0 Å². The third-order valence-electron chi connectivity index (χ3n) is 4.91. The van der Waals surface area contributed by atoms with Crippen molar-refractivity contribution in [2.24, 2.45) is 7.05 Å². The summed E-state index contributed by atoms with van der Waals surface area (Å²) in [7, 11) is 1.86. The van der Waals surface area contributed by atoms with Crippen molar-refractivity contribution in [3.8, 4) is 11.5 Å². The predicted molar refractivity (Wildman–Crippen MR) is 105 cm³/mol. The van der Waals surface area contributed by atoms with Crippen LogP contribution in [0.25, 0.3) is 22.5 Å². The normalized spacial score (nSPS) is 11.4. The van der Waals surface area contributed by atoms with E-state index >= 15 is 0 Å². The molecule has 6 heteroatoms. The van der Waals surface area contributed by atoms with Crippen molar-refractivity contribution in [3.63, 3.8) is 0 Å². The summed E-state index contributed by atoms with van der Waals surface area (Å²) in [6.07, 6.45) is 0. The Kier molecular flexibility index (Phi) is 3.98. The van der Waals surface area contributed by atoms with Crippen molar-refractivity contribution in [2.45, 2.75) is 34.2 Å². The molecule has 0 saturated carbocycles. The first-order chi connectivity index (χ1) is 12.8.